The van der Waals surface area contributed by atoms with E-state index in [0.29, 0.717) is 25.3 Å². The van der Waals surface area contributed by atoms with Crippen LogP contribution in [0.2, 0.25) is 0 Å². The smallest absolute Gasteiger partial charge is 0.310 e. The summed E-state index contributed by atoms with van der Waals surface area (Å²) in [5.41, 5.74) is 0. The molecule has 0 spiro atoms. The number of carbonyl (C=O) groups excluding carboxylic acids is 2. The predicted octanol–water partition coefficient (Wildman–Crippen LogP) is 1.27. The number of amides is 1. The lowest BCUT2D eigenvalue weighted by molar-refractivity contribution is -0.146. The number of methoxy groups -OCH3 is 1. The average molecular weight is 236 g/mol. The fourth-order valence-electron chi connectivity index (χ4n) is 1.20. The van der Waals surface area contributed by atoms with E-state index in [2.05, 4.69) is 4.74 Å². The van der Waals surface area contributed by atoms with Crippen molar-refractivity contribution in [3.05, 3.63) is 0 Å². The van der Waals surface area contributed by atoms with Crippen molar-refractivity contribution >= 4 is 23.5 Å². The first-order valence-electron chi connectivity index (χ1n) is 4.90. The molecule has 5 heteroatoms. The summed E-state index contributed by atoms with van der Waals surface area (Å²) >= 11 is 5.48. The number of esters is 1. The summed E-state index contributed by atoms with van der Waals surface area (Å²) in [6.07, 6.45) is 1.09. The number of carbonyl (C=O) groups is 2. The minimum atomic E-state index is -0.299. The summed E-state index contributed by atoms with van der Waals surface area (Å²) in [5.74, 6) is -0.107. The molecular weight excluding hydrogens is 218 g/mol. The average Bonchev–Trinajstić information content (AvgIpc) is 2.24. The highest BCUT2D eigenvalue weighted by Crippen LogP contribution is 2.03. The molecule has 1 atom stereocenters. The molecule has 0 bridgehead atoms. The maximum atomic E-state index is 11.5. The van der Waals surface area contributed by atoms with Crippen LogP contribution in [-0.4, -0.2) is 43.4 Å². The van der Waals surface area contributed by atoms with Crippen molar-refractivity contribution in [3.63, 3.8) is 0 Å². The molecule has 88 valence electrons. The number of rotatable bonds is 6. The Hall–Kier alpha value is -0.770. The fourth-order valence-corrected chi connectivity index (χ4v) is 1.33. The molecule has 0 saturated carbocycles. The van der Waals surface area contributed by atoms with Crippen molar-refractivity contribution < 1.29 is 14.3 Å². The lowest BCUT2D eigenvalue weighted by Crippen LogP contribution is -2.34. The largest absolute Gasteiger partial charge is 0.469 e. The van der Waals surface area contributed by atoms with Crippen molar-refractivity contribution in [2.45, 2.75) is 19.8 Å². The number of nitrogens with zero attached hydrogens (tertiary/aromatic N) is 1. The van der Waals surface area contributed by atoms with Crippen molar-refractivity contribution in [2.24, 2.45) is 5.92 Å². The highest BCUT2D eigenvalue weighted by atomic mass is 35.5. The highest BCUT2D eigenvalue weighted by Gasteiger charge is 2.18. The normalized spacial score (nSPS) is 12.0. The Labute approximate surface area is 95.5 Å². The molecule has 0 aliphatic heterocycles. The molecule has 0 aromatic carbocycles. The van der Waals surface area contributed by atoms with Crippen LogP contribution in [0.4, 0.5) is 0 Å². The van der Waals surface area contributed by atoms with E-state index >= 15 is 0 Å². The lowest BCUT2D eigenvalue weighted by atomic mass is 10.1. The second kappa shape index (κ2) is 7.51. The van der Waals surface area contributed by atoms with Crippen LogP contribution in [0.5, 0.6) is 0 Å². The van der Waals surface area contributed by atoms with Gasteiger partial charge in [0.15, 0.2) is 0 Å². The minimum Gasteiger partial charge on any atom is -0.469 e. The quantitative estimate of drug-likeness (QED) is 0.515. The van der Waals surface area contributed by atoms with E-state index in [1.54, 1.807) is 14.0 Å². The van der Waals surface area contributed by atoms with E-state index in [0.717, 1.165) is 0 Å². The molecule has 1 unspecified atom stereocenters. The van der Waals surface area contributed by atoms with Gasteiger partial charge in [0, 0.05) is 25.9 Å². The molecule has 0 N–H and O–H groups in total. The topological polar surface area (TPSA) is 46.6 Å². The molecule has 0 aliphatic carbocycles. The Morgan fingerprint density at radius 2 is 2.07 bits per heavy atom. The minimum absolute atomic E-state index is 0.00593. The van der Waals surface area contributed by atoms with E-state index in [4.69, 9.17) is 11.6 Å². The number of halogens is 1. The molecule has 0 heterocycles. The van der Waals surface area contributed by atoms with Gasteiger partial charge in [0.05, 0.1) is 13.0 Å². The van der Waals surface area contributed by atoms with Gasteiger partial charge < -0.3 is 9.64 Å². The van der Waals surface area contributed by atoms with E-state index in [-0.39, 0.29) is 17.8 Å². The van der Waals surface area contributed by atoms with E-state index in [1.807, 2.05) is 0 Å². The molecule has 0 aliphatic rings. The van der Waals surface area contributed by atoms with Gasteiger partial charge in [-0.1, -0.05) is 6.92 Å². The molecule has 0 radical (unpaired) electrons. The van der Waals surface area contributed by atoms with Crippen molar-refractivity contribution in [1.29, 1.82) is 0 Å². The summed E-state index contributed by atoms with van der Waals surface area (Å²) in [7, 11) is 3.02. The molecule has 1 amide bonds. The summed E-state index contributed by atoms with van der Waals surface area (Å²) < 4.78 is 4.58. The van der Waals surface area contributed by atoms with Crippen LogP contribution in [0, 0.1) is 5.92 Å². The first-order chi connectivity index (χ1) is 7.02. The molecule has 0 aromatic rings. The van der Waals surface area contributed by atoms with Crippen LogP contribution < -0.4 is 0 Å². The zero-order chi connectivity index (χ0) is 11.8. The lowest BCUT2D eigenvalue weighted by Gasteiger charge is -2.20. The molecule has 4 nitrogen and oxygen atoms in total. The second-order valence-corrected chi connectivity index (χ2v) is 3.87. The third-order valence-corrected chi connectivity index (χ3v) is 2.37. The number of ether oxygens (including phenoxy) is 1. The van der Waals surface area contributed by atoms with E-state index < -0.39 is 0 Å². The predicted molar refractivity (Wildman–Crippen MR) is 58.8 cm³/mol. The molecule has 0 rings (SSSR count). The van der Waals surface area contributed by atoms with Crippen LogP contribution in [0.1, 0.15) is 19.8 Å². The zero-order valence-corrected chi connectivity index (χ0v) is 10.2. The van der Waals surface area contributed by atoms with Gasteiger partial charge in [-0.3, -0.25) is 9.59 Å². The third kappa shape index (κ3) is 5.62. The SMILES string of the molecule is COC(=O)C(C)CN(C)C(=O)CCCCl. The standard InChI is InChI=1S/C10H18ClNO3/c1-8(10(14)15-3)7-12(2)9(13)5-4-6-11/h8H,4-7H2,1-3H3. The van der Waals surface area contributed by atoms with E-state index in [9.17, 15) is 9.59 Å². The van der Waals surface area contributed by atoms with Crippen molar-refractivity contribution in [2.75, 3.05) is 26.6 Å². The van der Waals surface area contributed by atoms with Gasteiger partial charge in [0.2, 0.25) is 5.91 Å². The van der Waals surface area contributed by atoms with Gasteiger partial charge in [-0.2, -0.15) is 0 Å². The molecule has 0 saturated heterocycles. The monoisotopic (exact) mass is 235 g/mol. The van der Waals surface area contributed by atoms with Gasteiger partial charge >= 0.3 is 5.97 Å². The maximum absolute atomic E-state index is 11.5. The van der Waals surface area contributed by atoms with Gasteiger partial charge in [-0.25, -0.2) is 0 Å². The zero-order valence-electron chi connectivity index (χ0n) is 9.46. The van der Waals surface area contributed by atoms with Gasteiger partial charge in [-0.15, -0.1) is 11.6 Å². The summed E-state index contributed by atoms with van der Waals surface area (Å²) in [6, 6.07) is 0. The maximum Gasteiger partial charge on any atom is 0.310 e. The molecule has 0 aromatic heterocycles. The van der Waals surface area contributed by atoms with Gasteiger partial charge in [0.1, 0.15) is 0 Å². The van der Waals surface area contributed by atoms with Crippen LogP contribution in [-0.2, 0) is 14.3 Å². The van der Waals surface area contributed by atoms with Crippen molar-refractivity contribution in [1.82, 2.24) is 4.90 Å². The first kappa shape index (κ1) is 14.2. The Balaban J connectivity index is 3.95. The van der Waals surface area contributed by atoms with Crippen LogP contribution in [0.15, 0.2) is 0 Å². The Morgan fingerprint density at radius 3 is 2.53 bits per heavy atom. The van der Waals surface area contributed by atoms with Crippen LogP contribution in [0.25, 0.3) is 0 Å². The summed E-state index contributed by atoms with van der Waals surface area (Å²) in [5, 5.41) is 0. The van der Waals surface area contributed by atoms with Gasteiger partial charge in [0.25, 0.3) is 0 Å². The molecule has 15 heavy (non-hydrogen) atoms. The summed E-state index contributed by atoms with van der Waals surface area (Å²) in [4.78, 5) is 24.1. The third-order valence-electron chi connectivity index (χ3n) is 2.10. The highest BCUT2D eigenvalue weighted by molar-refractivity contribution is 6.17. The Morgan fingerprint density at radius 1 is 1.47 bits per heavy atom. The van der Waals surface area contributed by atoms with Crippen molar-refractivity contribution in [3.8, 4) is 0 Å². The Bertz CT molecular complexity index is 221. The number of hydrogen-bond donors (Lipinski definition) is 0. The number of alkyl halides is 1. The molecule has 0 fully saturated rings. The summed E-state index contributed by atoms with van der Waals surface area (Å²) in [6.45, 7) is 2.12. The fraction of sp³-hybridized carbons (Fsp3) is 0.800. The van der Waals surface area contributed by atoms with Crippen LogP contribution in [0.3, 0.4) is 0 Å². The molecular formula is C10H18ClNO3. The first-order valence-corrected chi connectivity index (χ1v) is 5.44. The Kier molecular flexibility index (Phi) is 7.13. The number of hydrogen-bond acceptors (Lipinski definition) is 3. The van der Waals surface area contributed by atoms with Gasteiger partial charge in [-0.05, 0) is 6.42 Å². The van der Waals surface area contributed by atoms with E-state index in [1.165, 1.54) is 12.0 Å². The second-order valence-electron chi connectivity index (χ2n) is 3.49. The van der Waals surface area contributed by atoms with Crippen LogP contribution >= 0.6 is 11.6 Å².